The molecular weight excluding hydrogens is 736 g/mol. The molecule has 0 radical (unpaired) electrons. The number of carbonyl (C=O) groups is 1. The third kappa shape index (κ3) is 8.29. The third-order valence-corrected chi connectivity index (χ3v) is 8.87. The summed E-state index contributed by atoms with van der Waals surface area (Å²) in [5.41, 5.74) is -0.456. The predicted octanol–water partition coefficient (Wildman–Crippen LogP) is -0.745. The van der Waals surface area contributed by atoms with Gasteiger partial charge in [0.15, 0.2) is 40.8 Å². The number of aliphatic hydroxyl groups excluding tert-OH is 6. The van der Waals surface area contributed by atoms with Gasteiger partial charge >= 0.3 is 5.97 Å². The van der Waals surface area contributed by atoms with E-state index in [-0.39, 0.29) is 33.6 Å². The molecule has 2 saturated heterocycles. The van der Waals surface area contributed by atoms with E-state index in [9.17, 15) is 65.8 Å². The summed E-state index contributed by atoms with van der Waals surface area (Å²) in [5, 5.41) is 112. The van der Waals surface area contributed by atoms with E-state index in [2.05, 4.69) is 0 Å². The van der Waals surface area contributed by atoms with Crippen LogP contribution >= 0.6 is 0 Å². The van der Waals surface area contributed by atoms with Crippen molar-refractivity contribution in [3.63, 3.8) is 0 Å². The summed E-state index contributed by atoms with van der Waals surface area (Å²) in [6.07, 6.45) is -15.3. The smallest absolute Gasteiger partial charge is 0.331 e. The van der Waals surface area contributed by atoms with Gasteiger partial charge < -0.3 is 84.3 Å². The predicted molar refractivity (Wildman–Crippen MR) is 183 cm³/mol. The lowest BCUT2D eigenvalue weighted by Gasteiger charge is -2.43. The zero-order valence-electron chi connectivity index (χ0n) is 28.2. The zero-order chi connectivity index (χ0) is 39.7. The van der Waals surface area contributed by atoms with E-state index in [1.54, 1.807) is 0 Å². The van der Waals surface area contributed by atoms with E-state index in [0.29, 0.717) is 0 Å². The molecule has 0 bridgehead atoms. The number of fused-ring (bicyclic) bond motifs is 1. The second-order valence-electron chi connectivity index (χ2n) is 12.6. The third-order valence-electron chi connectivity index (χ3n) is 8.87. The molecule has 19 heteroatoms. The first-order valence-electron chi connectivity index (χ1n) is 16.5. The van der Waals surface area contributed by atoms with Gasteiger partial charge in [0.25, 0.3) is 0 Å². The van der Waals surface area contributed by atoms with Crippen molar-refractivity contribution in [2.75, 3.05) is 13.2 Å². The Morgan fingerprint density at radius 1 is 0.709 bits per heavy atom. The van der Waals surface area contributed by atoms with Gasteiger partial charge in [0.05, 0.1) is 13.2 Å². The number of phenols is 5. The minimum Gasteiger partial charge on any atom is -0.507 e. The first kappa shape index (κ1) is 39.2. The summed E-state index contributed by atoms with van der Waals surface area (Å²) in [7, 11) is 0. The summed E-state index contributed by atoms with van der Waals surface area (Å²) < 4.78 is 33.8. The van der Waals surface area contributed by atoms with Crippen molar-refractivity contribution in [3.8, 4) is 45.8 Å². The van der Waals surface area contributed by atoms with Gasteiger partial charge in [-0.2, -0.15) is 0 Å². The van der Waals surface area contributed by atoms with Crippen LogP contribution in [0.1, 0.15) is 5.56 Å². The minimum absolute atomic E-state index is 0.0694. The largest absolute Gasteiger partial charge is 0.507 e. The Labute approximate surface area is 308 Å². The summed E-state index contributed by atoms with van der Waals surface area (Å²) in [6, 6.07) is 10.5. The number of esters is 1. The minimum atomic E-state index is -1.98. The monoisotopic (exact) mass is 772 g/mol. The van der Waals surface area contributed by atoms with Gasteiger partial charge in [-0.3, -0.25) is 4.79 Å². The Morgan fingerprint density at radius 3 is 2.07 bits per heavy atom. The maximum Gasteiger partial charge on any atom is 0.331 e. The molecular formula is C36H36O19. The molecule has 2 aliphatic heterocycles. The van der Waals surface area contributed by atoms with Crippen LogP contribution in [0.15, 0.2) is 69.9 Å². The standard InChI is InChI=1S/C36H36O19/c37-12-25-29(45)30(46)32(48)35(53-25)50-13-26-34(55-27(44)6-2-14-1-4-17(38)19(40)7-14)31(47)33(49)36(54-26)51-16-9-21(42)28-22(43)11-23(52-24(28)10-16)15-3-5-18(39)20(41)8-15/h1-11,25-26,29-42,45-49H,12-13H2/b6-2+/t25?,26?,29-,30+,31-,32?,33?,34-,35-,36-/m1/s1. The molecule has 6 rings (SSSR count). The molecule has 1 aromatic heterocycles. The molecule has 10 atom stereocenters. The van der Waals surface area contributed by atoms with Crippen LogP contribution in [0.4, 0.5) is 0 Å². The Morgan fingerprint density at radius 2 is 1.38 bits per heavy atom. The number of ether oxygens (including phenoxy) is 5. The highest BCUT2D eigenvalue weighted by molar-refractivity contribution is 5.87. The maximum atomic E-state index is 12.9. The topological polar surface area (TPSA) is 316 Å². The van der Waals surface area contributed by atoms with Crippen molar-refractivity contribution in [1.29, 1.82) is 0 Å². The lowest BCUT2D eigenvalue weighted by molar-refractivity contribution is -0.323. The fourth-order valence-electron chi connectivity index (χ4n) is 5.92. The van der Waals surface area contributed by atoms with Gasteiger partial charge in [-0.05, 0) is 42.0 Å². The molecule has 4 unspecified atom stereocenters. The van der Waals surface area contributed by atoms with Crippen LogP contribution in [0.5, 0.6) is 34.5 Å². The Bertz CT molecular complexity index is 2110. The first-order valence-corrected chi connectivity index (χ1v) is 16.5. The van der Waals surface area contributed by atoms with E-state index < -0.39 is 115 Å². The summed E-state index contributed by atoms with van der Waals surface area (Å²) in [6.45, 7) is -1.48. The second kappa shape index (κ2) is 16.1. The van der Waals surface area contributed by atoms with Crippen molar-refractivity contribution in [2.24, 2.45) is 0 Å². The quantitative estimate of drug-likeness (QED) is 0.0537. The normalized spacial score (nSPS) is 28.3. The Balaban J connectivity index is 1.26. The number of hydrogen-bond donors (Lipinski definition) is 11. The van der Waals surface area contributed by atoms with Gasteiger partial charge in [-0.1, -0.05) is 6.07 Å². The average molecular weight is 773 g/mol. The van der Waals surface area contributed by atoms with Crippen molar-refractivity contribution in [3.05, 3.63) is 76.5 Å². The summed E-state index contributed by atoms with van der Waals surface area (Å²) in [5.74, 6) is -3.82. The van der Waals surface area contributed by atoms with Crippen molar-refractivity contribution < 1.29 is 89.1 Å². The van der Waals surface area contributed by atoms with Crippen LogP contribution in [-0.2, 0) is 23.7 Å². The molecule has 4 aromatic rings. The van der Waals surface area contributed by atoms with Gasteiger partial charge in [-0.15, -0.1) is 0 Å². The molecule has 3 aromatic carbocycles. The molecule has 0 amide bonds. The molecule has 19 nitrogen and oxygen atoms in total. The van der Waals surface area contributed by atoms with Crippen LogP contribution in [0.25, 0.3) is 28.4 Å². The highest BCUT2D eigenvalue weighted by atomic mass is 16.7. The lowest BCUT2D eigenvalue weighted by Crippen LogP contribution is -2.63. The van der Waals surface area contributed by atoms with Crippen LogP contribution in [0.3, 0.4) is 0 Å². The van der Waals surface area contributed by atoms with E-state index in [1.165, 1.54) is 30.3 Å². The van der Waals surface area contributed by atoms with E-state index in [4.69, 9.17) is 28.1 Å². The first-order chi connectivity index (χ1) is 26.1. The number of rotatable bonds is 10. The van der Waals surface area contributed by atoms with Gasteiger partial charge in [0.2, 0.25) is 6.29 Å². The number of benzene rings is 3. The van der Waals surface area contributed by atoms with Crippen LogP contribution < -0.4 is 10.2 Å². The Hall–Kier alpha value is -5.48. The molecule has 55 heavy (non-hydrogen) atoms. The average Bonchev–Trinajstić information content (AvgIpc) is 3.15. The molecule has 11 N–H and O–H groups in total. The van der Waals surface area contributed by atoms with Crippen molar-refractivity contribution in [2.45, 2.75) is 61.4 Å². The summed E-state index contributed by atoms with van der Waals surface area (Å²) in [4.78, 5) is 25.8. The van der Waals surface area contributed by atoms with E-state index in [1.807, 2.05) is 0 Å². The Kier molecular flexibility index (Phi) is 11.5. The number of carbonyl (C=O) groups excluding carboxylic acids is 1. The number of phenolic OH excluding ortho intramolecular Hbond substituents is 5. The van der Waals surface area contributed by atoms with Gasteiger partial charge in [0.1, 0.15) is 71.0 Å². The molecule has 0 aliphatic carbocycles. The summed E-state index contributed by atoms with van der Waals surface area (Å²) >= 11 is 0. The number of aliphatic hydroxyl groups is 6. The molecule has 0 spiro atoms. The van der Waals surface area contributed by atoms with E-state index in [0.717, 1.165) is 36.4 Å². The van der Waals surface area contributed by atoms with Crippen LogP contribution in [0, 0.1) is 0 Å². The van der Waals surface area contributed by atoms with Crippen LogP contribution in [0.2, 0.25) is 0 Å². The fraction of sp³-hybridized carbons (Fsp3) is 0.333. The van der Waals surface area contributed by atoms with Crippen LogP contribution in [-0.4, -0.2) is 137 Å². The van der Waals surface area contributed by atoms with Crippen molar-refractivity contribution in [1.82, 2.24) is 0 Å². The second-order valence-corrected chi connectivity index (χ2v) is 12.6. The molecule has 3 heterocycles. The fourth-order valence-corrected chi connectivity index (χ4v) is 5.92. The maximum absolute atomic E-state index is 12.9. The molecule has 2 aliphatic rings. The zero-order valence-corrected chi connectivity index (χ0v) is 28.2. The van der Waals surface area contributed by atoms with Gasteiger partial charge in [-0.25, -0.2) is 4.79 Å². The highest BCUT2D eigenvalue weighted by Gasteiger charge is 2.50. The van der Waals surface area contributed by atoms with E-state index >= 15 is 0 Å². The molecule has 2 fully saturated rings. The van der Waals surface area contributed by atoms with Crippen molar-refractivity contribution >= 4 is 23.0 Å². The SMILES string of the molecule is O=C(/C=C/c1ccc(O)c(O)c1)O[C@@H]1C(CO[C@@H]2OC(CO)[C@@H](O)[C@H](O)C2O)O[C@@H](Oc2cc(O)c3c(=O)cc(-c4ccc(O)c(O)c4)oc3c2)C(O)[C@H]1O. The number of hydrogen-bond acceptors (Lipinski definition) is 19. The van der Waals surface area contributed by atoms with Gasteiger partial charge in [0, 0.05) is 29.8 Å². The molecule has 0 saturated carbocycles. The molecule has 294 valence electrons. The highest BCUT2D eigenvalue weighted by Crippen LogP contribution is 2.36. The lowest BCUT2D eigenvalue weighted by atomic mass is 9.98. The number of aromatic hydroxyl groups is 5.